The predicted molar refractivity (Wildman–Crippen MR) is 119 cm³/mol. The number of fused-ring (bicyclic) bond motifs is 1. The molecule has 148 valence electrons. The van der Waals surface area contributed by atoms with Gasteiger partial charge in [-0.05, 0) is 49.7 Å². The summed E-state index contributed by atoms with van der Waals surface area (Å²) in [5.74, 6) is 0. The molecule has 3 aromatic rings. The van der Waals surface area contributed by atoms with Crippen LogP contribution in [0.25, 0.3) is 10.9 Å². The quantitative estimate of drug-likeness (QED) is 0.543. The smallest absolute Gasteiger partial charge is 0.0505 e. The standard InChI is InChI=1S/C23H27Cl2N3/c1-2-27-12-6-7-18(27)14-26-13-17-15-28(23-11-4-3-8-19(17)23)16-20-21(24)9-5-10-22(20)25/h3-5,8-11,15,18,26H,2,6-7,12-14,16H2,1H3/t18-/m1/s1. The first-order chi connectivity index (χ1) is 13.7. The number of hydrogen-bond donors (Lipinski definition) is 1. The lowest BCUT2D eigenvalue weighted by Crippen LogP contribution is -2.37. The number of hydrogen-bond acceptors (Lipinski definition) is 2. The van der Waals surface area contributed by atoms with Gasteiger partial charge < -0.3 is 9.88 Å². The van der Waals surface area contributed by atoms with Crippen molar-refractivity contribution in [3.05, 3.63) is 69.8 Å². The van der Waals surface area contributed by atoms with E-state index in [0.717, 1.165) is 25.2 Å². The minimum absolute atomic E-state index is 0.667. The molecule has 1 aliphatic heterocycles. The number of benzene rings is 2. The summed E-state index contributed by atoms with van der Waals surface area (Å²) in [5, 5.41) is 6.41. The first-order valence-corrected chi connectivity index (χ1v) is 10.9. The topological polar surface area (TPSA) is 20.2 Å². The zero-order chi connectivity index (χ0) is 19.5. The third-order valence-corrected chi connectivity index (χ3v) is 6.57. The number of nitrogens with one attached hydrogen (secondary N) is 1. The first kappa shape index (κ1) is 19.8. The molecule has 4 rings (SSSR count). The van der Waals surface area contributed by atoms with E-state index in [1.807, 2.05) is 18.2 Å². The lowest BCUT2D eigenvalue weighted by molar-refractivity contribution is 0.260. The van der Waals surface area contributed by atoms with Gasteiger partial charge in [0.2, 0.25) is 0 Å². The average molecular weight is 416 g/mol. The fourth-order valence-corrected chi connectivity index (χ4v) is 4.88. The second-order valence-corrected chi connectivity index (χ2v) is 8.37. The highest BCUT2D eigenvalue weighted by molar-refractivity contribution is 6.36. The van der Waals surface area contributed by atoms with E-state index in [9.17, 15) is 0 Å². The molecule has 0 spiro atoms. The summed E-state index contributed by atoms with van der Waals surface area (Å²) in [6.45, 7) is 7.23. The Labute approximate surface area is 177 Å². The van der Waals surface area contributed by atoms with Crippen LogP contribution in [0.4, 0.5) is 0 Å². The molecule has 0 saturated carbocycles. The molecule has 0 radical (unpaired) electrons. The fourth-order valence-electron chi connectivity index (χ4n) is 4.36. The molecule has 0 unspecified atom stereocenters. The predicted octanol–water partition coefficient (Wildman–Crippen LogP) is 5.57. The van der Waals surface area contributed by atoms with E-state index >= 15 is 0 Å². The Kier molecular flexibility index (Phi) is 6.27. The summed E-state index contributed by atoms with van der Waals surface area (Å²) in [6, 6.07) is 14.9. The molecule has 1 aliphatic rings. The molecule has 1 N–H and O–H groups in total. The van der Waals surface area contributed by atoms with Crippen LogP contribution in [0.2, 0.25) is 10.0 Å². The number of likely N-dealkylation sites (tertiary alicyclic amines) is 1. The van der Waals surface area contributed by atoms with Gasteiger partial charge in [-0.1, -0.05) is 54.4 Å². The van der Waals surface area contributed by atoms with Gasteiger partial charge in [-0.3, -0.25) is 4.90 Å². The van der Waals surface area contributed by atoms with E-state index in [-0.39, 0.29) is 0 Å². The minimum Gasteiger partial charge on any atom is -0.343 e. The van der Waals surface area contributed by atoms with Crippen LogP contribution in [0.1, 0.15) is 30.9 Å². The van der Waals surface area contributed by atoms with Gasteiger partial charge in [0.1, 0.15) is 0 Å². The summed E-state index contributed by atoms with van der Waals surface area (Å²) in [5.41, 5.74) is 3.50. The van der Waals surface area contributed by atoms with Crippen molar-refractivity contribution in [1.82, 2.24) is 14.8 Å². The molecule has 2 aromatic carbocycles. The maximum Gasteiger partial charge on any atom is 0.0505 e. The Morgan fingerprint density at radius 3 is 2.64 bits per heavy atom. The van der Waals surface area contributed by atoms with E-state index in [1.165, 1.54) is 35.9 Å². The Morgan fingerprint density at radius 2 is 1.86 bits per heavy atom. The molecule has 28 heavy (non-hydrogen) atoms. The molecule has 1 fully saturated rings. The van der Waals surface area contributed by atoms with Gasteiger partial charge in [-0.25, -0.2) is 0 Å². The molecular formula is C23H27Cl2N3. The van der Waals surface area contributed by atoms with Crippen LogP contribution in [0.15, 0.2) is 48.7 Å². The van der Waals surface area contributed by atoms with Crippen LogP contribution in [-0.2, 0) is 13.1 Å². The van der Waals surface area contributed by atoms with Gasteiger partial charge in [0.15, 0.2) is 0 Å². The molecular weight excluding hydrogens is 389 g/mol. The van der Waals surface area contributed by atoms with Crippen LogP contribution in [-0.4, -0.2) is 35.1 Å². The Hall–Kier alpha value is -1.52. The maximum atomic E-state index is 6.41. The van der Waals surface area contributed by atoms with Crippen LogP contribution < -0.4 is 5.32 Å². The third-order valence-electron chi connectivity index (χ3n) is 5.86. The molecule has 0 bridgehead atoms. The highest BCUT2D eigenvalue weighted by Gasteiger charge is 2.22. The average Bonchev–Trinajstić information content (AvgIpc) is 3.30. The summed E-state index contributed by atoms with van der Waals surface area (Å²) in [6.07, 6.45) is 4.86. The van der Waals surface area contributed by atoms with Crippen molar-refractivity contribution in [1.29, 1.82) is 0 Å². The second-order valence-electron chi connectivity index (χ2n) is 7.56. The Morgan fingerprint density at radius 1 is 1.07 bits per heavy atom. The van der Waals surface area contributed by atoms with Crippen molar-refractivity contribution in [2.75, 3.05) is 19.6 Å². The second kappa shape index (κ2) is 8.87. The normalized spacial score (nSPS) is 17.6. The lowest BCUT2D eigenvalue weighted by Gasteiger charge is -2.22. The highest BCUT2D eigenvalue weighted by Crippen LogP contribution is 2.28. The monoisotopic (exact) mass is 415 g/mol. The molecule has 1 aromatic heterocycles. The van der Waals surface area contributed by atoms with E-state index in [4.69, 9.17) is 23.2 Å². The summed E-state index contributed by atoms with van der Waals surface area (Å²) < 4.78 is 2.26. The van der Waals surface area contributed by atoms with Gasteiger partial charge in [-0.15, -0.1) is 0 Å². The van der Waals surface area contributed by atoms with Crippen molar-refractivity contribution in [2.45, 2.75) is 38.9 Å². The molecule has 1 atom stereocenters. The molecule has 0 amide bonds. The van der Waals surface area contributed by atoms with Crippen LogP contribution >= 0.6 is 23.2 Å². The van der Waals surface area contributed by atoms with Crippen molar-refractivity contribution in [3.8, 4) is 0 Å². The first-order valence-electron chi connectivity index (χ1n) is 10.1. The number of aromatic nitrogens is 1. The van der Waals surface area contributed by atoms with E-state index in [0.29, 0.717) is 22.6 Å². The van der Waals surface area contributed by atoms with Crippen molar-refractivity contribution in [3.63, 3.8) is 0 Å². The number of nitrogens with zero attached hydrogens (tertiary/aromatic N) is 2. The lowest BCUT2D eigenvalue weighted by atomic mass is 10.1. The number of halogens is 2. The molecule has 5 heteroatoms. The zero-order valence-corrected chi connectivity index (χ0v) is 17.8. The van der Waals surface area contributed by atoms with Gasteiger partial charge in [0.25, 0.3) is 0 Å². The fraction of sp³-hybridized carbons (Fsp3) is 0.391. The molecule has 2 heterocycles. The largest absolute Gasteiger partial charge is 0.343 e. The van der Waals surface area contributed by atoms with Crippen LogP contribution in [0.5, 0.6) is 0 Å². The van der Waals surface area contributed by atoms with Gasteiger partial charge in [0.05, 0.1) is 6.54 Å². The van der Waals surface area contributed by atoms with E-state index in [2.05, 4.69) is 52.2 Å². The van der Waals surface area contributed by atoms with Crippen molar-refractivity contribution >= 4 is 34.1 Å². The number of para-hydroxylation sites is 1. The van der Waals surface area contributed by atoms with Crippen LogP contribution in [0.3, 0.4) is 0 Å². The van der Waals surface area contributed by atoms with Crippen LogP contribution in [0, 0.1) is 0 Å². The summed E-state index contributed by atoms with van der Waals surface area (Å²) in [7, 11) is 0. The molecule has 0 aliphatic carbocycles. The third kappa shape index (κ3) is 4.08. The molecule has 3 nitrogen and oxygen atoms in total. The number of rotatable bonds is 7. The minimum atomic E-state index is 0.667. The highest BCUT2D eigenvalue weighted by atomic mass is 35.5. The van der Waals surface area contributed by atoms with E-state index < -0.39 is 0 Å². The summed E-state index contributed by atoms with van der Waals surface area (Å²) in [4.78, 5) is 2.58. The maximum absolute atomic E-state index is 6.41. The summed E-state index contributed by atoms with van der Waals surface area (Å²) >= 11 is 12.8. The number of likely N-dealkylation sites (N-methyl/N-ethyl adjacent to an activating group) is 1. The van der Waals surface area contributed by atoms with Crippen molar-refractivity contribution < 1.29 is 0 Å². The van der Waals surface area contributed by atoms with Crippen molar-refractivity contribution in [2.24, 2.45) is 0 Å². The van der Waals surface area contributed by atoms with Gasteiger partial charge >= 0.3 is 0 Å². The Balaban J connectivity index is 1.53. The van der Waals surface area contributed by atoms with Gasteiger partial charge in [0, 0.05) is 51.8 Å². The SMILES string of the molecule is CCN1CCC[C@@H]1CNCc1cn(Cc2c(Cl)cccc2Cl)c2ccccc12. The van der Waals surface area contributed by atoms with Gasteiger partial charge in [-0.2, -0.15) is 0 Å². The Bertz CT molecular complexity index is 930. The molecule has 1 saturated heterocycles. The zero-order valence-electron chi connectivity index (χ0n) is 16.3. The van der Waals surface area contributed by atoms with E-state index in [1.54, 1.807) is 0 Å².